The van der Waals surface area contributed by atoms with Crippen molar-refractivity contribution < 1.29 is 9.84 Å². The lowest BCUT2D eigenvalue weighted by Gasteiger charge is -2.27. The lowest BCUT2D eigenvalue weighted by atomic mass is 9.96. The minimum Gasteiger partial charge on any atom is -0.390 e. The van der Waals surface area contributed by atoms with E-state index in [1.165, 1.54) is 19.3 Å². The maximum atomic E-state index is 9.80. The Kier molecular flexibility index (Phi) is 4.74. The van der Waals surface area contributed by atoms with Gasteiger partial charge in [0.05, 0.1) is 18.3 Å². The number of hydrogen-bond donors (Lipinski definition) is 1. The molecule has 0 unspecified atom stereocenters. The summed E-state index contributed by atoms with van der Waals surface area (Å²) in [4.78, 5) is 0. The van der Waals surface area contributed by atoms with Gasteiger partial charge in [0.15, 0.2) is 0 Å². The Bertz CT molecular complexity index is 134. The zero-order valence-corrected chi connectivity index (χ0v) is 8.83. The number of hydrogen-bond acceptors (Lipinski definition) is 2. The van der Waals surface area contributed by atoms with E-state index in [2.05, 4.69) is 0 Å². The van der Waals surface area contributed by atoms with E-state index < -0.39 is 0 Å². The highest BCUT2D eigenvalue weighted by Crippen LogP contribution is 2.20. The summed E-state index contributed by atoms with van der Waals surface area (Å²) in [7, 11) is 0. The molecule has 0 aromatic heterocycles. The molecule has 0 spiro atoms. The predicted molar refractivity (Wildman–Crippen MR) is 53.7 cm³/mol. The molecule has 0 radical (unpaired) electrons. The van der Waals surface area contributed by atoms with Crippen LogP contribution in [0.4, 0.5) is 0 Å². The zero-order valence-electron chi connectivity index (χ0n) is 8.83. The van der Waals surface area contributed by atoms with Crippen LogP contribution in [0, 0.1) is 0 Å². The van der Waals surface area contributed by atoms with Crippen LogP contribution in [0.2, 0.25) is 0 Å². The molecule has 0 aromatic rings. The molecule has 0 saturated heterocycles. The van der Waals surface area contributed by atoms with Crippen molar-refractivity contribution >= 4 is 0 Å². The molecule has 0 aromatic carbocycles. The summed E-state index contributed by atoms with van der Waals surface area (Å²) in [5, 5.41) is 9.80. The van der Waals surface area contributed by atoms with Crippen LogP contribution in [0.5, 0.6) is 0 Å². The Morgan fingerprint density at radius 3 is 2.31 bits per heavy atom. The molecular weight excluding hydrogens is 164 g/mol. The average molecular weight is 186 g/mol. The predicted octanol–water partition coefficient (Wildman–Crippen LogP) is 2.50. The normalized spacial score (nSPS) is 31.4. The van der Waals surface area contributed by atoms with Gasteiger partial charge in [-0.15, -0.1) is 0 Å². The van der Waals surface area contributed by atoms with Crippen molar-refractivity contribution in [2.45, 2.75) is 70.7 Å². The Morgan fingerprint density at radius 1 is 1.08 bits per heavy atom. The molecule has 1 aliphatic rings. The fourth-order valence-corrected chi connectivity index (χ4v) is 1.94. The summed E-state index contributed by atoms with van der Waals surface area (Å²) >= 11 is 0. The second kappa shape index (κ2) is 5.61. The van der Waals surface area contributed by atoms with E-state index >= 15 is 0 Å². The highest BCUT2D eigenvalue weighted by atomic mass is 16.5. The number of aliphatic hydroxyl groups excluding tert-OH is 1. The van der Waals surface area contributed by atoms with Gasteiger partial charge >= 0.3 is 0 Å². The van der Waals surface area contributed by atoms with Crippen molar-refractivity contribution in [2.75, 3.05) is 0 Å². The van der Waals surface area contributed by atoms with E-state index in [1.54, 1.807) is 0 Å². The average Bonchev–Trinajstić information content (AvgIpc) is 2.04. The summed E-state index contributed by atoms with van der Waals surface area (Å²) in [6, 6.07) is 0. The molecule has 78 valence electrons. The molecule has 2 atom stereocenters. The van der Waals surface area contributed by atoms with Crippen LogP contribution in [0.1, 0.15) is 52.4 Å². The molecule has 1 fully saturated rings. The fourth-order valence-electron chi connectivity index (χ4n) is 1.94. The monoisotopic (exact) mass is 186 g/mol. The Labute approximate surface area is 81.3 Å². The van der Waals surface area contributed by atoms with Gasteiger partial charge in [-0.3, -0.25) is 0 Å². The van der Waals surface area contributed by atoms with Crippen molar-refractivity contribution in [1.29, 1.82) is 0 Å². The molecule has 0 amide bonds. The van der Waals surface area contributed by atoms with Gasteiger partial charge in [0, 0.05) is 0 Å². The molecule has 1 N–H and O–H groups in total. The number of aliphatic hydroxyl groups is 1. The lowest BCUT2D eigenvalue weighted by molar-refractivity contribution is -0.0747. The Morgan fingerprint density at radius 2 is 1.69 bits per heavy atom. The van der Waals surface area contributed by atoms with Crippen molar-refractivity contribution in [3.63, 3.8) is 0 Å². The second-order valence-corrected chi connectivity index (χ2v) is 4.28. The third kappa shape index (κ3) is 4.10. The summed E-state index contributed by atoms with van der Waals surface area (Å²) in [6.07, 6.45) is 6.95. The van der Waals surface area contributed by atoms with E-state index in [1.807, 2.05) is 13.8 Å². The Balaban J connectivity index is 2.37. The summed E-state index contributed by atoms with van der Waals surface area (Å²) < 4.78 is 5.69. The van der Waals surface area contributed by atoms with Crippen molar-refractivity contribution in [3.8, 4) is 0 Å². The van der Waals surface area contributed by atoms with Crippen LogP contribution in [0.25, 0.3) is 0 Å². The van der Waals surface area contributed by atoms with Gasteiger partial charge in [0.2, 0.25) is 0 Å². The quantitative estimate of drug-likeness (QED) is 0.718. The Hall–Kier alpha value is -0.0800. The summed E-state index contributed by atoms with van der Waals surface area (Å²) in [5.41, 5.74) is 0. The molecule has 0 aliphatic heterocycles. The second-order valence-electron chi connectivity index (χ2n) is 4.28. The molecule has 2 nitrogen and oxygen atoms in total. The third-order valence-corrected chi connectivity index (χ3v) is 2.61. The number of rotatable bonds is 2. The molecule has 1 saturated carbocycles. The maximum absolute atomic E-state index is 9.80. The first-order chi connectivity index (χ1) is 6.20. The van der Waals surface area contributed by atoms with Crippen LogP contribution in [-0.4, -0.2) is 23.4 Å². The van der Waals surface area contributed by atoms with Gasteiger partial charge in [0.25, 0.3) is 0 Å². The minimum atomic E-state index is -0.234. The largest absolute Gasteiger partial charge is 0.390 e. The molecule has 2 heteroatoms. The highest BCUT2D eigenvalue weighted by molar-refractivity contribution is 4.72. The van der Waals surface area contributed by atoms with Crippen LogP contribution in [0.3, 0.4) is 0 Å². The van der Waals surface area contributed by atoms with Gasteiger partial charge in [-0.1, -0.05) is 25.7 Å². The van der Waals surface area contributed by atoms with Gasteiger partial charge in [-0.25, -0.2) is 0 Å². The van der Waals surface area contributed by atoms with Gasteiger partial charge in [-0.2, -0.15) is 0 Å². The van der Waals surface area contributed by atoms with E-state index in [9.17, 15) is 5.11 Å². The molecule has 13 heavy (non-hydrogen) atoms. The molecule has 0 bridgehead atoms. The smallest absolute Gasteiger partial charge is 0.0837 e. The van der Waals surface area contributed by atoms with E-state index in [0.29, 0.717) is 0 Å². The van der Waals surface area contributed by atoms with E-state index in [4.69, 9.17) is 4.74 Å². The van der Waals surface area contributed by atoms with Crippen molar-refractivity contribution in [2.24, 2.45) is 0 Å². The van der Waals surface area contributed by atoms with Crippen molar-refractivity contribution in [3.05, 3.63) is 0 Å². The third-order valence-electron chi connectivity index (χ3n) is 2.61. The van der Waals surface area contributed by atoms with Gasteiger partial charge in [-0.05, 0) is 26.7 Å². The maximum Gasteiger partial charge on any atom is 0.0837 e. The van der Waals surface area contributed by atoms with E-state index in [-0.39, 0.29) is 18.3 Å². The highest BCUT2D eigenvalue weighted by Gasteiger charge is 2.21. The van der Waals surface area contributed by atoms with Gasteiger partial charge < -0.3 is 9.84 Å². The SMILES string of the molecule is CC(C)O[C@@H]1CCCCCC[C@H]1O. The topological polar surface area (TPSA) is 29.5 Å². The lowest BCUT2D eigenvalue weighted by Crippen LogP contribution is -2.32. The molecule has 1 aliphatic carbocycles. The minimum absolute atomic E-state index is 0.0836. The summed E-state index contributed by atoms with van der Waals surface area (Å²) in [5.74, 6) is 0. The zero-order chi connectivity index (χ0) is 9.68. The summed E-state index contributed by atoms with van der Waals surface area (Å²) in [6.45, 7) is 4.07. The first-order valence-electron chi connectivity index (χ1n) is 5.53. The van der Waals surface area contributed by atoms with Crippen LogP contribution < -0.4 is 0 Å². The van der Waals surface area contributed by atoms with Crippen LogP contribution >= 0.6 is 0 Å². The standard InChI is InChI=1S/C11H22O2/c1-9(2)13-11-8-6-4-3-5-7-10(11)12/h9-12H,3-8H2,1-2H3/t10-,11-/m1/s1. The molecule has 1 rings (SSSR count). The molecule has 0 heterocycles. The van der Waals surface area contributed by atoms with Crippen molar-refractivity contribution in [1.82, 2.24) is 0 Å². The first-order valence-corrected chi connectivity index (χ1v) is 5.53. The van der Waals surface area contributed by atoms with E-state index in [0.717, 1.165) is 19.3 Å². The number of ether oxygens (including phenoxy) is 1. The van der Waals surface area contributed by atoms with Gasteiger partial charge in [0.1, 0.15) is 0 Å². The molecular formula is C11H22O2. The fraction of sp³-hybridized carbons (Fsp3) is 1.00. The van der Waals surface area contributed by atoms with Crippen LogP contribution in [-0.2, 0) is 4.74 Å². The van der Waals surface area contributed by atoms with Crippen LogP contribution in [0.15, 0.2) is 0 Å². The first kappa shape index (κ1) is 11.0.